The maximum Gasteiger partial charge on any atom is 0.265 e. The van der Waals surface area contributed by atoms with Gasteiger partial charge in [0.05, 0.1) is 7.11 Å². The molecule has 1 unspecified atom stereocenters. The van der Waals surface area contributed by atoms with Crippen LogP contribution < -0.4 is 20.1 Å². The Morgan fingerprint density at radius 2 is 1.79 bits per heavy atom. The van der Waals surface area contributed by atoms with Crippen LogP contribution in [-0.4, -0.2) is 31.6 Å². The van der Waals surface area contributed by atoms with E-state index in [1.807, 2.05) is 24.3 Å². The van der Waals surface area contributed by atoms with E-state index in [0.717, 1.165) is 5.56 Å². The van der Waals surface area contributed by atoms with Crippen LogP contribution in [0.4, 0.5) is 5.69 Å². The molecule has 0 aliphatic carbocycles. The highest BCUT2D eigenvalue weighted by Gasteiger charge is 2.37. The van der Waals surface area contributed by atoms with E-state index in [1.54, 1.807) is 31.4 Å². The van der Waals surface area contributed by atoms with Crippen LogP contribution in [-0.2, 0) is 16.0 Å². The number of primary amides is 1. The number of amides is 2. The molecule has 2 amide bonds. The Morgan fingerprint density at radius 3 is 2.46 bits per heavy atom. The Morgan fingerprint density at radius 1 is 1.12 bits per heavy atom. The van der Waals surface area contributed by atoms with E-state index in [9.17, 15) is 9.59 Å². The quantitative estimate of drug-likeness (QED) is 0.903. The third-order valence-electron chi connectivity index (χ3n) is 3.99. The average molecular weight is 326 g/mol. The maximum absolute atomic E-state index is 12.6. The Balaban J connectivity index is 1.73. The van der Waals surface area contributed by atoms with Gasteiger partial charge < -0.3 is 15.2 Å². The highest BCUT2D eigenvalue weighted by molar-refractivity contribution is 6.03. The number of nitrogens with zero attached hydrogens (tertiary/aromatic N) is 1. The van der Waals surface area contributed by atoms with Crippen molar-refractivity contribution < 1.29 is 19.1 Å². The Kier molecular flexibility index (Phi) is 4.37. The first-order valence-corrected chi connectivity index (χ1v) is 7.56. The van der Waals surface area contributed by atoms with Gasteiger partial charge >= 0.3 is 0 Å². The van der Waals surface area contributed by atoms with Gasteiger partial charge in [0.2, 0.25) is 5.91 Å². The number of ether oxygens (including phenoxy) is 2. The van der Waals surface area contributed by atoms with E-state index in [0.29, 0.717) is 23.6 Å². The summed E-state index contributed by atoms with van der Waals surface area (Å²) in [5, 5.41) is 0. The van der Waals surface area contributed by atoms with Crippen LogP contribution >= 0.6 is 0 Å². The highest BCUT2D eigenvalue weighted by atomic mass is 16.5. The molecule has 6 heteroatoms. The lowest BCUT2D eigenvalue weighted by Gasteiger charge is -2.23. The lowest BCUT2D eigenvalue weighted by molar-refractivity contribution is -0.125. The monoisotopic (exact) mass is 326 g/mol. The first kappa shape index (κ1) is 15.9. The summed E-state index contributed by atoms with van der Waals surface area (Å²) in [6.07, 6.45) is 0.430. The minimum atomic E-state index is -0.672. The van der Waals surface area contributed by atoms with Crippen molar-refractivity contribution in [2.24, 2.45) is 5.73 Å². The van der Waals surface area contributed by atoms with Gasteiger partial charge in [-0.1, -0.05) is 18.2 Å². The molecule has 2 aromatic rings. The summed E-state index contributed by atoms with van der Waals surface area (Å²) < 4.78 is 10.6. The predicted octanol–water partition coefficient (Wildman–Crippen LogP) is 1.52. The number of anilines is 1. The molecule has 24 heavy (non-hydrogen) atoms. The molecule has 1 atom stereocenters. The van der Waals surface area contributed by atoms with E-state index >= 15 is 0 Å². The number of hydrogen-bond donors (Lipinski definition) is 1. The zero-order valence-corrected chi connectivity index (χ0v) is 13.3. The van der Waals surface area contributed by atoms with Gasteiger partial charge in [-0.15, -0.1) is 0 Å². The molecule has 1 aliphatic heterocycles. The van der Waals surface area contributed by atoms with Crippen molar-refractivity contribution in [2.75, 3.05) is 18.6 Å². The van der Waals surface area contributed by atoms with Gasteiger partial charge in [0, 0.05) is 12.1 Å². The molecule has 0 saturated carbocycles. The first-order chi connectivity index (χ1) is 11.6. The van der Waals surface area contributed by atoms with E-state index in [-0.39, 0.29) is 12.5 Å². The molecule has 2 aromatic carbocycles. The predicted molar refractivity (Wildman–Crippen MR) is 89.1 cm³/mol. The van der Waals surface area contributed by atoms with Crippen molar-refractivity contribution in [1.82, 2.24) is 0 Å². The van der Waals surface area contributed by atoms with Gasteiger partial charge in [-0.25, -0.2) is 0 Å². The summed E-state index contributed by atoms with van der Waals surface area (Å²) in [5.74, 6) is 0.423. The number of fused-ring (bicyclic) bond motifs is 1. The Hall–Kier alpha value is -3.02. The topological polar surface area (TPSA) is 81.9 Å². The van der Waals surface area contributed by atoms with E-state index in [2.05, 4.69) is 0 Å². The normalized spacial score (nSPS) is 15.7. The maximum atomic E-state index is 12.6. The molecule has 1 aliphatic rings. The molecule has 1 heterocycles. The lowest BCUT2D eigenvalue weighted by Crippen LogP contribution is -2.47. The molecule has 0 radical (unpaired) electrons. The van der Waals surface area contributed by atoms with E-state index in [1.165, 1.54) is 4.90 Å². The summed E-state index contributed by atoms with van der Waals surface area (Å²) in [5.41, 5.74) is 7.10. The van der Waals surface area contributed by atoms with Gasteiger partial charge in [-0.05, 0) is 35.9 Å². The van der Waals surface area contributed by atoms with Crippen molar-refractivity contribution in [3.05, 3.63) is 54.1 Å². The zero-order chi connectivity index (χ0) is 17.1. The fraction of sp³-hybridized carbons (Fsp3) is 0.222. The van der Waals surface area contributed by atoms with Crippen LogP contribution in [0.2, 0.25) is 0 Å². The van der Waals surface area contributed by atoms with Crippen LogP contribution in [0.3, 0.4) is 0 Å². The first-order valence-electron chi connectivity index (χ1n) is 7.56. The van der Waals surface area contributed by atoms with Crippen molar-refractivity contribution in [2.45, 2.75) is 12.5 Å². The van der Waals surface area contributed by atoms with Gasteiger partial charge in [0.25, 0.3) is 5.91 Å². The van der Waals surface area contributed by atoms with Gasteiger partial charge in [-0.2, -0.15) is 0 Å². The standard InChI is InChI=1S/C18H18N2O4/c1-23-13-6-8-14(9-7-13)24-11-17(21)20-15-5-3-2-4-12(15)10-16(20)18(19)22/h2-9,16H,10-11H2,1H3,(H2,19,22). The molecule has 0 fully saturated rings. The molecule has 3 rings (SSSR count). The summed E-state index contributed by atoms with van der Waals surface area (Å²) in [7, 11) is 1.58. The number of carbonyl (C=O) groups is 2. The van der Waals surface area contributed by atoms with Crippen LogP contribution in [0.5, 0.6) is 11.5 Å². The Bertz CT molecular complexity index is 758. The van der Waals surface area contributed by atoms with Gasteiger partial charge in [0.1, 0.15) is 17.5 Å². The summed E-state index contributed by atoms with van der Waals surface area (Å²) in [6.45, 7) is -0.176. The lowest BCUT2D eigenvalue weighted by atomic mass is 10.1. The highest BCUT2D eigenvalue weighted by Crippen LogP contribution is 2.32. The van der Waals surface area contributed by atoms with Gasteiger partial charge in [0.15, 0.2) is 6.61 Å². The van der Waals surface area contributed by atoms with Crippen LogP contribution in [0.1, 0.15) is 5.56 Å². The fourth-order valence-electron chi connectivity index (χ4n) is 2.81. The molecule has 6 nitrogen and oxygen atoms in total. The minimum Gasteiger partial charge on any atom is -0.497 e. The number of methoxy groups -OCH3 is 1. The van der Waals surface area contributed by atoms with E-state index in [4.69, 9.17) is 15.2 Å². The van der Waals surface area contributed by atoms with Gasteiger partial charge in [-0.3, -0.25) is 14.5 Å². The smallest absolute Gasteiger partial charge is 0.265 e. The molecule has 2 N–H and O–H groups in total. The number of nitrogens with two attached hydrogens (primary N) is 1. The number of hydrogen-bond acceptors (Lipinski definition) is 4. The number of para-hydroxylation sites is 1. The number of rotatable bonds is 5. The molecular weight excluding hydrogens is 308 g/mol. The zero-order valence-electron chi connectivity index (χ0n) is 13.3. The minimum absolute atomic E-state index is 0.176. The number of benzene rings is 2. The second-order valence-electron chi connectivity index (χ2n) is 5.48. The molecule has 0 spiro atoms. The summed E-state index contributed by atoms with van der Waals surface area (Å²) >= 11 is 0. The van der Waals surface area contributed by atoms with Crippen molar-refractivity contribution in [3.8, 4) is 11.5 Å². The molecule has 0 aromatic heterocycles. The largest absolute Gasteiger partial charge is 0.497 e. The second kappa shape index (κ2) is 6.62. The molecule has 124 valence electrons. The summed E-state index contributed by atoms with van der Waals surface area (Å²) in [6, 6.07) is 13.7. The van der Waals surface area contributed by atoms with Crippen LogP contribution in [0.25, 0.3) is 0 Å². The molecule has 0 saturated heterocycles. The Labute approximate surface area is 139 Å². The average Bonchev–Trinajstić information content (AvgIpc) is 3.00. The number of carbonyl (C=O) groups excluding carboxylic acids is 2. The third kappa shape index (κ3) is 3.03. The van der Waals surface area contributed by atoms with Crippen LogP contribution in [0, 0.1) is 0 Å². The third-order valence-corrected chi connectivity index (χ3v) is 3.99. The fourth-order valence-corrected chi connectivity index (χ4v) is 2.81. The van der Waals surface area contributed by atoms with Crippen LogP contribution in [0.15, 0.2) is 48.5 Å². The second-order valence-corrected chi connectivity index (χ2v) is 5.48. The van der Waals surface area contributed by atoms with E-state index < -0.39 is 11.9 Å². The summed E-state index contributed by atoms with van der Waals surface area (Å²) in [4.78, 5) is 25.7. The SMILES string of the molecule is COc1ccc(OCC(=O)N2c3ccccc3CC2C(N)=O)cc1. The van der Waals surface area contributed by atoms with Crippen molar-refractivity contribution in [1.29, 1.82) is 0 Å². The van der Waals surface area contributed by atoms with Crippen molar-refractivity contribution >= 4 is 17.5 Å². The molecular formula is C18H18N2O4. The van der Waals surface area contributed by atoms with Crippen molar-refractivity contribution in [3.63, 3.8) is 0 Å². The molecule has 0 bridgehead atoms.